The average Bonchev–Trinajstić information content (AvgIpc) is 2.72. The van der Waals surface area contributed by atoms with Crippen molar-refractivity contribution in [1.82, 2.24) is 9.55 Å². The number of hydrogen-bond acceptors (Lipinski definition) is 2. The molecule has 1 aromatic carbocycles. The Hall–Kier alpha value is -2.10. The van der Waals surface area contributed by atoms with E-state index in [1.807, 2.05) is 29.0 Å². The first-order chi connectivity index (χ1) is 9.06. The quantitative estimate of drug-likeness (QED) is 0.897. The van der Waals surface area contributed by atoms with Crippen molar-refractivity contribution >= 4 is 5.97 Å². The van der Waals surface area contributed by atoms with Gasteiger partial charge >= 0.3 is 5.97 Å². The summed E-state index contributed by atoms with van der Waals surface area (Å²) in [6.45, 7) is 4.85. The first-order valence-electron chi connectivity index (χ1n) is 6.38. The second-order valence-electron chi connectivity index (χ2n) is 4.93. The van der Waals surface area contributed by atoms with Crippen molar-refractivity contribution in [3.8, 4) is 0 Å². The summed E-state index contributed by atoms with van der Waals surface area (Å²) in [4.78, 5) is 15.2. The summed E-state index contributed by atoms with van der Waals surface area (Å²) in [5.41, 5.74) is 1.80. The van der Waals surface area contributed by atoms with Crippen LogP contribution in [0.5, 0.6) is 0 Å². The van der Waals surface area contributed by atoms with Gasteiger partial charge in [0.05, 0.1) is 12.1 Å². The van der Waals surface area contributed by atoms with E-state index in [0.717, 1.165) is 12.4 Å². The predicted molar refractivity (Wildman–Crippen MR) is 73.2 cm³/mol. The van der Waals surface area contributed by atoms with Crippen molar-refractivity contribution in [2.24, 2.45) is 0 Å². The Bertz CT molecular complexity index is 559. The van der Waals surface area contributed by atoms with E-state index in [0.29, 0.717) is 5.69 Å². The zero-order chi connectivity index (χ0) is 13.8. The third kappa shape index (κ3) is 3.44. The molecule has 0 saturated carbocycles. The Morgan fingerprint density at radius 2 is 2.00 bits per heavy atom. The number of carboxylic acid groups (broad SMARTS) is 1. The van der Waals surface area contributed by atoms with E-state index in [1.54, 1.807) is 0 Å². The minimum absolute atomic E-state index is 0.0263. The maximum Gasteiger partial charge on any atom is 0.309 e. The number of rotatable bonds is 5. The highest BCUT2D eigenvalue weighted by Crippen LogP contribution is 2.16. The molecule has 1 aromatic heterocycles. The molecule has 0 saturated heterocycles. The smallest absolute Gasteiger partial charge is 0.309 e. The molecular formula is C15H18N2O2. The standard InChI is InChI=1S/C15H18N2O2/c1-11(2)15-16-13(8-14(18)19)10-17(15)9-12-6-4-3-5-7-12/h3-7,10-11H,8-9H2,1-2H3,(H,18,19). The minimum atomic E-state index is -0.848. The first kappa shape index (κ1) is 13.3. The third-order valence-corrected chi connectivity index (χ3v) is 2.90. The third-order valence-electron chi connectivity index (χ3n) is 2.90. The molecule has 2 rings (SSSR count). The van der Waals surface area contributed by atoms with E-state index in [2.05, 4.69) is 31.0 Å². The molecule has 1 heterocycles. The van der Waals surface area contributed by atoms with Crippen molar-refractivity contribution in [2.75, 3.05) is 0 Å². The predicted octanol–water partition coefficient (Wildman–Crippen LogP) is 2.68. The summed E-state index contributed by atoms with van der Waals surface area (Å²) in [7, 11) is 0. The molecule has 100 valence electrons. The second kappa shape index (κ2) is 5.69. The molecule has 4 heteroatoms. The summed E-state index contributed by atoms with van der Waals surface area (Å²) in [5, 5.41) is 8.85. The normalized spacial score (nSPS) is 10.9. The summed E-state index contributed by atoms with van der Waals surface area (Å²) >= 11 is 0. The zero-order valence-electron chi connectivity index (χ0n) is 11.2. The van der Waals surface area contributed by atoms with Crippen LogP contribution in [0.3, 0.4) is 0 Å². The van der Waals surface area contributed by atoms with Crippen LogP contribution in [-0.2, 0) is 17.8 Å². The minimum Gasteiger partial charge on any atom is -0.481 e. The lowest BCUT2D eigenvalue weighted by molar-refractivity contribution is -0.136. The van der Waals surface area contributed by atoms with E-state index >= 15 is 0 Å². The Kier molecular flexibility index (Phi) is 4.00. The van der Waals surface area contributed by atoms with Crippen LogP contribution in [0.2, 0.25) is 0 Å². The SMILES string of the molecule is CC(C)c1nc(CC(=O)O)cn1Cc1ccccc1. The maximum absolute atomic E-state index is 10.8. The van der Waals surface area contributed by atoms with Gasteiger partial charge in [-0.1, -0.05) is 44.2 Å². The fraction of sp³-hybridized carbons (Fsp3) is 0.333. The van der Waals surface area contributed by atoms with E-state index < -0.39 is 5.97 Å². The highest BCUT2D eigenvalue weighted by atomic mass is 16.4. The Morgan fingerprint density at radius 1 is 1.32 bits per heavy atom. The molecule has 0 radical (unpaired) electrons. The van der Waals surface area contributed by atoms with Gasteiger partial charge in [0.15, 0.2) is 0 Å². The van der Waals surface area contributed by atoms with Crippen molar-refractivity contribution < 1.29 is 9.90 Å². The van der Waals surface area contributed by atoms with Crippen molar-refractivity contribution in [3.63, 3.8) is 0 Å². The molecule has 4 nitrogen and oxygen atoms in total. The van der Waals surface area contributed by atoms with Crippen molar-refractivity contribution in [3.05, 3.63) is 53.6 Å². The van der Waals surface area contributed by atoms with Crippen LogP contribution in [0, 0.1) is 0 Å². The maximum atomic E-state index is 10.8. The van der Waals surface area contributed by atoms with Gasteiger partial charge in [0.25, 0.3) is 0 Å². The summed E-state index contributed by atoms with van der Waals surface area (Å²) in [5.74, 6) is 0.353. The number of carboxylic acids is 1. The first-order valence-corrected chi connectivity index (χ1v) is 6.38. The largest absolute Gasteiger partial charge is 0.481 e. The van der Waals surface area contributed by atoms with Gasteiger partial charge in [0.1, 0.15) is 5.82 Å². The van der Waals surface area contributed by atoms with Gasteiger partial charge < -0.3 is 9.67 Å². The highest BCUT2D eigenvalue weighted by Gasteiger charge is 2.13. The molecule has 0 fully saturated rings. The fourth-order valence-corrected chi connectivity index (χ4v) is 2.09. The lowest BCUT2D eigenvalue weighted by Crippen LogP contribution is -2.05. The van der Waals surface area contributed by atoms with Gasteiger partial charge in [0.2, 0.25) is 0 Å². The topological polar surface area (TPSA) is 55.1 Å². The number of aromatic nitrogens is 2. The van der Waals surface area contributed by atoms with Crippen LogP contribution in [-0.4, -0.2) is 20.6 Å². The van der Waals surface area contributed by atoms with E-state index in [1.165, 1.54) is 5.56 Å². The molecule has 0 atom stereocenters. The molecule has 0 aliphatic rings. The molecule has 0 aliphatic carbocycles. The number of nitrogens with zero attached hydrogens (tertiary/aromatic N) is 2. The number of imidazole rings is 1. The highest BCUT2D eigenvalue weighted by molar-refractivity contribution is 5.69. The molecule has 1 N–H and O–H groups in total. The number of benzene rings is 1. The van der Waals surface area contributed by atoms with E-state index in [9.17, 15) is 4.79 Å². The van der Waals surface area contributed by atoms with E-state index in [-0.39, 0.29) is 12.3 Å². The van der Waals surface area contributed by atoms with Gasteiger partial charge in [-0.15, -0.1) is 0 Å². The van der Waals surface area contributed by atoms with Crippen LogP contribution < -0.4 is 0 Å². The molecule has 0 spiro atoms. The Labute approximate surface area is 112 Å². The molecule has 2 aromatic rings. The molecule has 0 bridgehead atoms. The van der Waals surface area contributed by atoms with E-state index in [4.69, 9.17) is 5.11 Å². The average molecular weight is 258 g/mol. The summed E-state index contributed by atoms with van der Waals surface area (Å²) in [6, 6.07) is 10.1. The van der Waals surface area contributed by atoms with Crippen LogP contribution >= 0.6 is 0 Å². The Morgan fingerprint density at radius 3 is 2.58 bits per heavy atom. The number of hydrogen-bond donors (Lipinski definition) is 1. The number of carbonyl (C=O) groups is 1. The molecular weight excluding hydrogens is 240 g/mol. The molecule has 0 amide bonds. The molecule has 19 heavy (non-hydrogen) atoms. The lowest BCUT2D eigenvalue weighted by Gasteiger charge is -2.09. The van der Waals surface area contributed by atoms with Crippen molar-refractivity contribution in [1.29, 1.82) is 0 Å². The van der Waals surface area contributed by atoms with Crippen LogP contribution in [0.1, 0.15) is 36.8 Å². The van der Waals surface area contributed by atoms with Gasteiger partial charge in [-0.25, -0.2) is 4.98 Å². The monoisotopic (exact) mass is 258 g/mol. The second-order valence-corrected chi connectivity index (χ2v) is 4.93. The fourth-order valence-electron chi connectivity index (χ4n) is 2.09. The van der Waals surface area contributed by atoms with Crippen LogP contribution in [0.15, 0.2) is 36.5 Å². The van der Waals surface area contributed by atoms with Gasteiger partial charge in [-0.05, 0) is 5.56 Å². The molecule has 0 unspecified atom stereocenters. The molecule has 0 aliphatic heterocycles. The van der Waals surface area contributed by atoms with Gasteiger partial charge in [-0.2, -0.15) is 0 Å². The summed E-state index contributed by atoms with van der Waals surface area (Å²) in [6.07, 6.45) is 1.82. The van der Waals surface area contributed by atoms with Crippen LogP contribution in [0.25, 0.3) is 0 Å². The van der Waals surface area contributed by atoms with Gasteiger partial charge in [0, 0.05) is 18.7 Å². The van der Waals surface area contributed by atoms with Crippen molar-refractivity contribution in [2.45, 2.75) is 32.7 Å². The number of aliphatic carboxylic acids is 1. The Balaban J connectivity index is 2.27. The lowest BCUT2D eigenvalue weighted by atomic mass is 10.2. The van der Waals surface area contributed by atoms with Gasteiger partial charge in [-0.3, -0.25) is 4.79 Å². The zero-order valence-corrected chi connectivity index (χ0v) is 11.2. The summed E-state index contributed by atoms with van der Waals surface area (Å²) < 4.78 is 2.04. The van der Waals surface area contributed by atoms with Crippen LogP contribution in [0.4, 0.5) is 0 Å².